The summed E-state index contributed by atoms with van der Waals surface area (Å²) in [7, 11) is -3.06. The predicted octanol–water partition coefficient (Wildman–Crippen LogP) is 2.03. The lowest BCUT2D eigenvalue weighted by atomic mass is 10.2. The molecule has 1 fully saturated rings. The molecule has 0 radical (unpaired) electrons. The Kier molecular flexibility index (Phi) is 3.13. The molecule has 0 heterocycles. The molecule has 0 amide bonds. The maximum atomic E-state index is 11.5. The molecule has 3 nitrogen and oxygen atoms in total. The van der Waals surface area contributed by atoms with Gasteiger partial charge < -0.3 is 0 Å². The van der Waals surface area contributed by atoms with E-state index in [0.717, 1.165) is 22.9 Å². The molecule has 0 unspecified atom stereocenters. The number of benzene rings is 1. The molecule has 2 rings (SSSR count). The Morgan fingerprint density at radius 2 is 2.13 bits per heavy atom. The van der Waals surface area contributed by atoms with Crippen LogP contribution in [0.2, 0.25) is 0 Å². The monoisotopic (exact) mass is 289 g/mol. The molecule has 0 aromatic heterocycles. The minimum absolute atomic E-state index is 0.148. The molecule has 15 heavy (non-hydrogen) atoms. The third-order valence-electron chi connectivity index (χ3n) is 2.33. The van der Waals surface area contributed by atoms with Crippen molar-refractivity contribution >= 4 is 26.0 Å². The average Bonchev–Trinajstić information content (AvgIpc) is 2.98. The van der Waals surface area contributed by atoms with Crippen LogP contribution in [0.5, 0.6) is 0 Å². The van der Waals surface area contributed by atoms with Crippen molar-refractivity contribution in [3.05, 3.63) is 34.3 Å². The van der Waals surface area contributed by atoms with Crippen molar-refractivity contribution < 1.29 is 8.42 Å². The Morgan fingerprint density at radius 3 is 2.73 bits per heavy atom. The van der Waals surface area contributed by atoms with E-state index >= 15 is 0 Å². The number of hydrogen-bond acceptors (Lipinski definition) is 2. The zero-order valence-electron chi connectivity index (χ0n) is 8.11. The van der Waals surface area contributed by atoms with Crippen molar-refractivity contribution in [3.63, 3.8) is 0 Å². The summed E-state index contributed by atoms with van der Waals surface area (Å²) in [5.74, 6) is 0. The fraction of sp³-hybridized carbons (Fsp3) is 0.400. The van der Waals surface area contributed by atoms with E-state index < -0.39 is 10.0 Å². The predicted molar refractivity (Wildman–Crippen MR) is 62.9 cm³/mol. The summed E-state index contributed by atoms with van der Waals surface area (Å²) in [5, 5.41) is -0.148. The zero-order valence-corrected chi connectivity index (χ0v) is 10.5. The van der Waals surface area contributed by atoms with E-state index in [2.05, 4.69) is 20.7 Å². The summed E-state index contributed by atoms with van der Waals surface area (Å²) in [4.78, 5) is 0. The van der Waals surface area contributed by atoms with Crippen LogP contribution in [0.1, 0.15) is 18.4 Å². The van der Waals surface area contributed by atoms with Gasteiger partial charge >= 0.3 is 0 Å². The van der Waals surface area contributed by atoms with Crippen molar-refractivity contribution in [2.45, 2.75) is 24.6 Å². The van der Waals surface area contributed by atoms with Crippen LogP contribution < -0.4 is 4.72 Å². The minimum atomic E-state index is -3.06. The first-order valence-electron chi connectivity index (χ1n) is 4.81. The normalized spacial score (nSPS) is 16.6. The van der Waals surface area contributed by atoms with Crippen molar-refractivity contribution in [3.8, 4) is 0 Å². The van der Waals surface area contributed by atoms with Crippen LogP contribution in [0, 0.1) is 0 Å². The molecule has 1 aromatic rings. The van der Waals surface area contributed by atoms with Gasteiger partial charge in [0.1, 0.15) is 0 Å². The second-order valence-corrected chi connectivity index (χ2v) is 6.66. The standard InChI is InChI=1S/C10H12BrNO2S/c11-9-3-1-2-8(6-9)7-12-15(13,14)10-4-5-10/h1-3,6,10,12H,4-5,7H2. The summed E-state index contributed by atoms with van der Waals surface area (Å²) in [6.07, 6.45) is 1.60. The summed E-state index contributed by atoms with van der Waals surface area (Å²) in [6, 6.07) is 7.62. The third kappa shape index (κ3) is 3.03. The average molecular weight is 290 g/mol. The van der Waals surface area contributed by atoms with Gasteiger partial charge in [0.25, 0.3) is 0 Å². The Balaban J connectivity index is 1.98. The Labute approximate surface area is 98.1 Å². The van der Waals surface area contributed by atoms with Crippen molar-refractivity contribution in [1.82, 2.24) is 4.72 Å². The molecular formula is C10H12BrNO2S. The molecule has 1 aliphatic rings. The number of rotatable bonds is 4. The van der Waals surface area contributed by atoms with Gasteiger partial charge in [0.05, 0.1) is 5.25 Å². The molecule has 0 bridgehead atoms. The van der Waals surface area contributed by atoms with Gasteiger partial charge in [-0.3, -0.25) is 0 Å². The largest absolute Gasteiger partial charge is 0.214 e. The van der Waals surface area contributed by atoms with E-state index in [4.69, 9.17) is 0 Å². The highest BCUT2D eigenvalue weighted by atomic mass is 79.9. The lowest BCUT2D eigenvalue weighted by Gasteiger charge is -2.05. The molecule has 82 valence electrons. The van der Waals surface area contributed by atoms with Crippen LogP contribution in [-0.4, -0.2) is 13.7 Å². The van der Waals surface area contributed by atoms with Crippen molar-refractivity contribution in [2.75, 3.05) is 0 Å². The van der Waals surface area contributed by atoms with Crippen LogP contribution in [-0.2, 0) is 16.6 Å². The lowest BCUT2D eigenvalue weighted by molar-refractivity contribution is 0.580. The van der Waals surface area contributed by atoms with E-state index in [9.17, 15) is 8.42 Å². The first kappa shape index (κ1) is 11.1. The summed E-state index contributed by atoms with van der Waals surface area (Å²) in [5.41, 5.74) is 0.966. The first-order chi connectivity index (χ1) is 7.08. The first-order valence-corrected chi connectivity index (χ1v) is 7.15. The van der Waals surface area contributed by atoms with Gasteiger partial charge in [-0.25, -0.2) is 13.1 Å². The summed E-state index contributed by atoms with van der Waals surface area (Å²) < 4.78 is 26.6. The fourth-order valence-electron chi connectivity index (χ4n) is 1.33. The fourth-order valence-corrected chi connectivity index (χ4v) is 3.13. The summed E-state index contributed by atoms with van der Waals surface area (Å²) >= 11 is 3.35. The van der Waals surface area contributed by atoms with Crippen LogP contribution in [0.4, 0.5) is 0 Å². The lowest BCUT2D eigenvalue weighted by Crippen LogP contribution is -2.26. The van der Waals surface area contributed by atoms with Gasteiger partial charge in [0.15, 0.2) is 0 Å². The van der Waals surface area contributed by atoms with Gasteiger partial charge in [-0.1, -0.05) is 28.1 Å². The van der Waals surface area contributed by atoms with Gasteiger partial charge in [0.2, 0.25) is 10.0 Å². The van der Waals surface area contributed by atoms with Crippen LogP contribution in [0.3, 0.4) is 0 Å². The molecule has 1 saturated carbocycles. The topological polar surface area (TPSA) is 46.2 Å². The maximum Gasteiger partial charge on any atom is 0.214 e. The van der Waals surface area contributed by atoms with Crippen LogP contribution in [0.25, 0.3) is 0 Å². The van der Waals surface area contributed by atoms with E-state index in [-0.39, 0.29) is 5.25 Å². The SMILES string of the molecule is O=S(=O)(NCc1cccc(Br)c1)C1CC1. The van der Waals surface area contributed by atoms with Gasteiger partial charge in [-0.2, -0.15) is 0 Å². The maximum absolute atomic E-state index is 11.5. The second-order valence-electron chi connectivity index (χ2n) is 3.70. The summed E-state index contributed by atoms with van der Waals surface area (Å²) in [6.45, 7) is 0.373. The number of nitrogens with one attached hydrogen (secondary N) is 1. The van der Waals surface area contributed by atoms with Gasteiger partial charge in [0, 0.05) is 11.0 Å². The Bertz CT molecular complexity index is 454. The van der Waals surface area contributed by atoms with E-state index in [1.165, 1.54) is 0 Å². The third-order valence-corrected chi connectivity index (χ3v) is 4.72. The zero-order chi connectivity index (χ0) is 10.9. The number of hydrogen-bond donors (Lipinski definition) is 1. The molecule has 0 aliphatic heterocycles. The molecule has 0 saturated heterocycles. The number of halogens is 1. The molecule has 1 N–H and O–H groups in total. The van der Waals surface area contributed by atoms with Crippen LogP contribution in [0.15, 0.2) is 28.7 Å². The van der Waals surface area contributed by atoms with E-state index in [1.54, 1.807) is 0 Å². The highest BCUT2D eigenvalue weighted by molar-refractivity contribution is 9.10. The van der Waals surface area contributed by atoms with Gasteiger partial charge in [-0.15, -0.1) is 0 Å². The van der Waals surface area contributed by atoms with Crippen molar-refractivity contribution in [1.29, 1.82) is 0 Å². The Morgan fingerprint density at radius 1 is 1.40 bits per heavy atom. The van der Waals surface area contributed by atoms with E-state index in [0.29, 0.717) is 6.54 Å². The quantitative estimate of drug-likeness (QED) is 0.922. The van der Waals surface area contributed by atoms with E-state index in [1.807, 2.05) is 24.3 Å². The smallest absolute Gasteiger partial charge is 0.212 e. The highest BCUT2D eigenvalue weighted by Gasteiger charge is 2.35. The van der Waals surface area contributed by atoms with Crippen molar-refractivity contribution in [2.24, 2.45) is 0 Å². The molecule has 0 atom stereocenters. The number of sulfonamides is 1. The molecule has 1 aromatic carbocycles. The molecule has 1 aliphatic carbocycles. The van der Waals surface area contributed by atoms with Gasteiger partial charge in [-0.05, 0) is 30.5 Å². The molecule has 5 heteroatoms. The molecule has 0 spiro atoms. The highest BCUT2D eigenvalue weighted by Crippen LogP contribution is 2.27. The second kappa shape index (κ2) is 4.23. The molecular weight excluding hydrogens is 278 g/mol. The minimum Gasteiger partial charge on any atom is -0.212 e. The van der Waals surface area contributed by atoms with Crippen LogP contribution >= 0.6 is 15.9 Å². The Hall–Kier alpha value is -0.390.